The highest BCUT2D eigenvalue weighted by molar-refractivity contribution is 7.84. The first kappa shape index (κ1) is 17.8. The maximum atomic E-state index is 11.5. The first-order chi connectivity index (χ1) is 10.8. The molecule has 0 aliphatic carbocycles. The molecule has 1 heterocycles. The average molecular weight is 351 g/mol. The van der Waals surface area contributed by atoms with Crippen LogP contribution in [-0.4, -0.2) is 33.5 Å². The summed E-state index contributed by atoms with van der Waals surface area (Å²) in [6.07, 6.45) is 1.67. The van der Waals surface area contributed by atoms with Gasteiger partial charge in [0, 0.05) is 39.4 Å². The van der Waals surface area contributed by atoms with Crippen molar-refractivity contribution in [3.63, 3.8) is 0 Å². The molecule has 124 valence electrons. The monoisotopic (exact) mass is 351 g/mol. The second kappa shape index (κ2) is 7.38. The van der Waals surface area contributed by atoms with Gasteiger partial charge in [-0.3, -0.25) is 9.11 Å². The van der Waals surface area contributed by atoms with E-state index in [1.807, 2.05) is 38.2 Å². The Labute approximate surface area is 143 Å². The number of carboxylic acid groups (broad SMARTS) is 1. The molecule has 2 aromatic rings. The predicted molar refractivity (Wildman–Crippen MR) is 94.7 cm³/mol. The molecular formula is C17H21NO3S2. The van der Waals surface area contributed by atoms with E-state index >= 15 is 0 Å². The summed E-state index contributed by atoms with van der Waals surface area (Å²) in [4.78, 5) is 15.5. The number of carboxylic acids is 1. The molecule has 2 atom stereocenters. The van der Waals surface area contributed by atoms with Crippen LogP contribution < -0.4 is 0 Å². The highest BCUT2D eigenvalue weighted by Crippen LogP contribution is 2.26. The van der Waals surface area contributed by atoms with Crippen LogP contribution in [0.2, 0.25) is 0 Å². The van der Waals surface area contributed by atoms with E-state index in [9.17, 15) is 9.00 Å². The second-order valence-corrected chi connectivity index (χ2v) is 8.25. The van der Waals surface area contributed by atoms with Crippen LogP contribution in [0.1, 0.15) is 38.6 Å². The molecule has 1 aromatic carbocycles. The number of hydrogen-bond donors (Lipinski definition) is 1. The van der Waals surface area contributed by atoms with Crippen molar-refractivity contribution in [3.8, 4) is 0 Å². The van der Waals surface area contributed by atoms with E-state index < -0.39 is 16.8 Å². The van der Waals surface area contributed by atoms with Crippen molar-refractivity contribution >= 4 is 28.1 Å². The summed E-state index contributed by atoms with van der Waals surface area (Å²) in [5, 5.41) is 9.09. The SMILES string of the molecule is Cc1sc(C(=O)O)cc1CN(C)C(C)c1ccc(S(C)=O)cc1. The van der Waals surface area contributed by atoms with Crippen molar-refractivity contribution in [3.05, 3.63) is 51.2 Å². The fourth-order valence-corrected chi connectivity index (χ4v) is 3.77. The van der Waals surface area contributed by atoms with Crippen LogP contribution in [0.3, 0.4) is 0 Å². The van der Waals surface area contributed by atoms with Gasteiger partial charge in [-0.15, -0.1) is 11.3 Å². The lowest BCUT2D eigenvalue weighted by atomic mass is 10.1. The van der Waals surface area contributed by atoms with Crippen molar-refractivity contribution in [2.45, 2.75) is 31.3 Å². The third-order valence-electron chi connectivity index (χ3n) is 4.01. The lowest BCUT2D eigenvalue weighted by molar-refractivity contribution is 0.0702. The number of carbonyl (C=O) groups is 1. The first-order valence-electron chi connectivity index (χ1n) is 7.25. The van der Waals surface area contributed by atoms with Crippen LogP contribution in [-0.2, 0) is 17.3 Å². The summed E-state index contributed by atoms with van der Waals surface area (Å²) in [5.74, 6) is -0.872. The molecule has 0 radical (unpaired) electrons. The molecule has 6 heteroatoms. The molecule has 23 heavy (non-hydrogen) atoms. The van der Waals surface area contributed by atoms with Gasteiger partial charge in [-0.1, -0.05) is 12.1 Å². The third-order valence-corrected chi connectivity index (χ3v) is 6.02. The number of aryl methyl sites for hydroxylation is 1. The minimum Gasteiger partial charge on any atom is -0.477 e. The number of thiophene rings is 1. The minimum absolute atomic E-state index is 0.182. The van der Waals surface area contributed by atoms with Crippen molar-refractivity contribution in [2.75, 3.05) is 13.3 Å². The molecule has 1 N–H and O–H groups in total. The third kappa shape index (κ3) is 4.28. The number of benzene rings is 1. The van der Waals surface area contributed by atoms with Gasteiger partial charge in [0.2, 0.25) is 0 Å². The van der Waals surface area contributed by atoms with Crippen molar-refractivity contribution in [1.29, 1.82) is 0 Å². The molecule has 0 spiro atoms. The molecule has 2 unspecified atom stereocenters. The van der Waals surface area contributed by atoms with Gasteiger partial charge in [0.25, 0.3) is 0 Å². The number of hydrogen-bond acceptors (Lipinski definition) is 4. The quantitative estimate of drug-likeness (QED) is 0.862. The van der Waals surface area contributed by atoms with Crippen LogP contribution in [0, 0.1) is 6.92 Å². The van der Waals surface area contributed by atoms with Crippen LogP contribution in [0.4, 0.5) is 0 Å². The number of nitrogens with zero attached hydrogens (tertiary/aromatic N) is 1. The Morgan fingerprint density at radius 2 is 1.96 bits per heavy atom. The lowest BCUT2D eigenvalue weighted by Gasteiger charge is -2.25. The normalized spacial score (nSPS) is 14.0. The average Bonchev–Trinajstić information content (AvgIpc) is 2.88. The Hall–Kier alpha value is -1.50. The maximum absolute atomic E-state index is 11.5. The summed E-state index contributed by atoms with van der Waals surface area (Å²) < 4.78 is 11.5. The Bertz CT molecular complexity index is 722. The van der Waals surface area contributed by atoms with E-state index in [0.29, 0.717) is 11.4 Å². The summed E-state index contributed by atoms with van der Waals surface area (Å²) in [5.41, 5.74) is 2.20. The fraction of sp³-hybridized carbons (Fsp3) is 0.353. The van der Waals surface area contributed by atoms with Gasteiger partial charge in [-0.2, -0.15) is 0 Å². The molecular weight excluding hydrogens is 330 g/mol. The Morgan fingerprint density at radius 3 is 2.43 bits per heavy atom. The summed E-state index contributed by atoms with van der Waals surface area (Å²) in [7, 11) is 1.06. The smallest absolute Gasteiger partial charge is 0.345 e. The largest absolute Gasteiger partial charge is 0.477 e. The topological polar surface area (TPSA) is 57.6 Å². The van der Waals surface area contributed by atoms with E-state index in [1.165, 1.54) is 11.3 Å². The van der Waals surface area contributed by atoms with E-state index in [0.717, 1.165) is 20.9 Å². The minimum atomic E-state index is -0.965. The van der Waals surface area contributed by atoms with Gasteiger partial charge in [0.05, 0.1) is 0 Å². The zero-order chi connectivity index (χ0) is 17.1. The van der Waals surface area contributed by atoms with Crippen LogP contribution in [0.15, 0.2) is 35.2 Å². The standard InChI is InChI=1S/C17H21NO3S2/c1-11(13-5-7-15(8-6-13)23(4)21)18(3)10-14-9-16(17(19)20)22-12(14)2/h5-9,11H,10H2,1-4H3,(H,19,20). The molecule has 0 aliphatic rings. The van der Waals surface area contributed by atoms with Crippen molar-refractivity contribution in [1.82, 2.24) is 4.90 Å². The first-order valence-corrected chi connectivity index (χ1v) is 9.63. The van der Waals surface area contributed by atoms with Gasteiger partial charge >= 0.3 is 5.97 Å². The van der Waals surface area contributed by atoms with E-state index in [-0.39, 0.29) is 6.04 Å². The number of rotatable bonds is 6. The second-order valence-electron chi connectivity index (χ2n) is 5.61. The molecule has 1 aromatic heterocycles. The highest BCUT2D eigenvalue weighted by atomic mass is 32.2. The Kier molecular flexibility index (Phi) is 5.73. The molecule has 0 bridgehead atoms. The Balaban J connectivity index is 2.11. The van der Waals surface area contributed by atoms with E-state index in [2.05, 4.69) is 11.8 Å². The number of aromatic carboxylic acids is 1. The Morgan fingerprint density at radius 1 is 1.35 bits per heavy atom. The van der Waals surface area contributed by atoms with Crippen LogP contribution in [0.25, 0.3) is 0 Å². The summed E-state index contributed by atoms with van der Waals surface area (Å²) in [6, 6.07) is 9.74. The molecule has 2 rings (SSSR count). The molecule has 0 saturated heterocycles. The van der Waals surface area contributed by atoms with E-state index in [4.69, 9.17) is 5.11 Å². The molecule has 0 aliphatic heterocycles. The molecule has 0 saturated carbocycles. The van der Waals surface area contributed by atoms with Crippen molar-refractivity contribution < 1.29 is 14.1 Å². The molecule has 0 fully saturated rings. The lowest BCUT2D eigenvalue weighted by Crippen LogP contribution is -2.22. The van der Waals surface area contributed by atoms with Crippen LogP contribution in [0.5, 0.6) is 0 Å². The highest BCUT2D eigenvalue weighted by Gasteiger charge is 2.16. The molecule has 4 nitrogen and oxygen atoms in total. The van der Waals surface area contributed by atoms with Gasteiger partial charge in [-0.05, 0) is 50.2 Å². The summed E-state index contributed by atoms with van der Waals surface area (Å²) in [6.45, 7) is 4.76. The van der Waals surface area contributed by atoms with Gasteiger partial charge in [-0.25, -0.2) is 4.79 Å². The van der Waals surface area contributed by atoms with Crippen LogP contribution >= 0.6 is 11.3 Å². The van der Waals surface area contributed by atoms with E-state index in [1.54, 1.807) is 12.3 Å². The fourth-order valence-electron chi connectivity index (χ4n) is 2.38. The maximum Gasteiger partial charge on any atom is 0.345 e. The zero-order valence-electron chi connectivity index (χ0n) is 13.7. The van der Waals surface area contributed by atoms with Gasteiger partial charge in [0.15, 0.2) is 0 Å². The predicted octanol–water partition coefficient (Wildman–Crippen LogP) is 3.69. The van der Waals surface area contributed by atoms with Gasteiger partial charge < -0.3 is 5.11 Å². The zero-order valence-corrected chi connectivity index (χ0v) is 15.3. The van der Waals surface area contributed by atoms with Gasteiger partial charge in [0.1, 0.15) is 4.88 Å². The van der Waals surface area contributed by atoms with Crippen molar-refractivity contribution in [2.24, 2.45) is 0 Å². The molecule has 0 amide bonds. The summed E-state index contributed by atoms with van der Waals surface area (Å²) >= 11 is 1.32.